The summed E-state index contributed by atoms with van der Waals surface area (Å²) in [6.45, 7) is 4.19. The number of nitrogens with zero attached hydrogens (tertiary/aromatic N) is 2. The van der Waals surface area contributed by atoms with Crippen LogP contribution in [0.1, 0.15) is 29.9 Å². The molecule has 1 aliphatic carbocycles. The van der Waals surface area contributed by atoms with Gasteiger partial charge in [-0.05, 0) is 12.5 Å². The highest BCUT2D eigenvalue weighted by Crippen LogP contribution is 2.43. The van der Waals surface area contributed by atoms with Crippen molar-refractivity contribution in [1.82, 2.24) is 15.5 Å². The smallest absolute Gasteiger partial charge is 0.263 e. The lowest BCUT2D eigenvalue weighted by atomic mass is 9.64. The van der Waals surface area contributed by atoms with E-state index in [4.69, 9.17) is 10.5 Å². The molecule has 2 atom stereocenters. The van der Waals surface area contributed by atoms with Crippen LogP contribution in [0.4, 0.5) is 5.69 Å². The van der Waals surface area contributed by atoms with Crippen LogP contribution in [-0.2, 0) is 4.74 Å². The zero-order valence-corrected chi connectivity index (χ0v) is 13.0. The van der Waals surface area contributed by atoms with Crippen molar-refractivity contribution in [2.24, 2.45) is 5.41 Å². The molecule has 21 heavy (non-hydrogen) atoms. The highest BCUT2D eigenvalue weighted by Gasteiger charge is 2.49. The first-order valence-electron chi connectivity index (χ1n) is 6.78. The van der Waals surface area contributed by atoms with Gasteiger partial charge in [-0.25, -0.2) is 0 Å². The summed E-state index contributed by atoms with van der Waals surface area (Å²) in [5.74, 6) is -0.150. The van der Waals surface area contributed by atoms with Gasteiger partial charge in [0.25, 0.3) is 5.91 Å². The zero-order valence-electron chi connectivity index (χ0n) is 12.2. The van der Waals surface area contributed by atoms with Crippen LogP contribution in [0.2, 0.25) is 0 Å². The third-order valence-electron chi connectivity index (χ3n) is 4.39. The van der Waals surface area contributed by atoms with Gasteiger partial charge in [0.2, 0.25) is 0 Å². The second kappa shape index (κ2) is 4.92. The minimum atomic E-state index is -0.150. The van der Waals surface area contributed by atoms with Gasteiger partial charge in [0, 0.05) is 24.0 Å². The Morgan fingerprint density at radius 1 is 1.57 bits per heavy atom. The molecule has 2 aromatic heterocycles. The Labute approximate surface area is 126 Å². The molecule has 0 saturated heterocycles. The summed E-state index contributed by atoms with van der Waals surface area (Å²) >= 11 is 1.27. The number of methoxy groups -OCH3 is 1. The summed E-state index contributed by atoms with van der Waals surface area (Å²) < 4.78 is 5.40. The largest absolute Gasteiger partial charge is 0.397 e. The average molecular weight is 306 g/mol. The van der Waals surface area contributed by atoms with Gasteiger partial charge in [-0.3, -0.25) is 4.79 Å². The molecule has 2 aromatic rings. The molecular weight excluding hydrogens is 288 g/mol. The van der Waals surface area contributed by atoms with Crippen LogP contribution in [-0.4, -0.2) is 35.4 Å². The number of carbonyl (C=O) groups is 1. The van der Waals surface area contributed by atoms with Gasteiger partial charge >= 0.3 is 0 Å². The number of nitrogen functional groups attached to an aromatic ring is 1. The number of anilines is 1. The lowest BCUT2D eigenvalue weighted by molar-refractivity contribution is -0.0942. The lowest BCUT2D eigenvalue weighted by Gasteiger charge is -2.51. The monoisotopic (exact) mass is 306 g/mol. The number of amides is 1. The highest BCUT2D eigenvalue weighted by atomic mass is 32.1. The van der Waals surface area contributed by atoms with Crippen LogP contribution in [0.5, 0.6) is 0 Å². The van der Waals surface area contributed by atoms with Crippen molar-refractivity contribution in [1.29, 1.82) is 0 Å². The van der Waals surface area contributed by atoms with Crippen molar-refractivity contribution in [3.8, 4) is 0 Å². The summed E-state index contributed by atoms with van der Waals surface area (Å²) in [6.07, 6.45) is 2.57. The SMILES string of the molecule is COC1CC(NC(=O)c2sc3nnccc3c2N)C1(C)C. The van der Waals surface area contributed by atoms with Crippen molar-refractivity contribution in [2.45, 2.75) is 32.4 Å². The van der Waals surface area contributed by atoms with E-state index in [-0.39, 0.29) is 23.5 Å². The number of rotatable bonds is 3. The summed E-state index contributed by atoms with van der Waals surface area (Å²) in [6, 6.07) is 1.87. The van der Waals surface area contributed by atoms with Gasteiger partial charge in [0.1, 0.15) is 9.71 Å². The molecule has 0 bridgehead atoms. The second-order valence-corrected chi connectivity index (χ2v) is 6.90. The van der Waals surface area contributed by atoms with E-state index in [9.17, 15) is 4.79 Å². The van der Waals surface area contributed by atoms with Crippen LogP contribution < -0.4 is 11.1 Å². The van der Waals surface area contributed by atoms with E-state index in [1.165, 1.54) is 11.3 Å². The fourth-order valence-electron chi connectivity index (χ4n) is 2.80. The Kier molecular flexibility index (Phi) is 3.33. The first-order chi connectivity index (χ1) is 9.95. The van der Waals surface area contributed by atoms with E-state index in [1.54, 1.807) is 19.4 Å². The summed E-state index contributed by atoms with van der Waals surface area (Å²) in [4.78, 5) is 13.6. The normalized spacial score (nSPS) is 23.8. The molecule has 3 N–H and O–H groups in total. The van der Waals surface area contributed by atoms with Crippen LogP contribution in [0.3, 0.4) is 0 Å². The Hall–Kier alpha value is -1.73. The number of carbonyl (C=O) groups excluding carboxylic acids is 1. The fourth-order valence-corrected chi connectivity index (χ4v) is 3.74. The molecule has 2 heterocycles. The quantitative estimate of drug-likeness (QED) is 0.902. The predicted molar refractivity (Wildman–Crippen MR) is 82.3 cm³/mol. The van der Waals surface area contributed by atoms with E-state index in [0.717, 1.165) is 11.8 Å². The second-order valence-electron chi connectivity index (χ2n) is 5.90. The number of nitrogens with one attached hydrogen (secondary N) is 1. The average Bonchev–Trinajstić information content (AvgIpc) is 2.80. The summed E-state index contributed by atoms with van der Waals surface area (Å²) in [5, 5.41) is 11.6. The van der Waals surface area contributed by atoms with Crippen LogP contribution in [0.15, 0.2) is 12.3 Å². The zero-order chi connectivity index (χ0) is 15.2. The molecular formula is C14H18N4O2S. The molecule has 0 aliphatic heterocycles. The Morgan fingerprint density at radius 3 is 2.95 bits per heavy atom. The minimum Gasteiger partial charge on any atom is -0.397 e. The molecule has 1 fully saturated rings. The molecule has 6 nitrogen and oxygen atoms in total. The topological polar surface area (TPSA) is 90.1 Å². The van der Waals surface area contributed by atoms with Crippen molar-refractivity contribution in [3.05, 3.63) is 17.1 Å². The molecule has 112 valence electrons. The number of hydrogen-bond acceptors (Lipinski definition) is 6. The number of aromatic nitrogens is 2. The molecule has 1 aliphatic rings. The Morgan fingerprint density at radius 2 is 2.33 bits per heavy atom. The standard InChI is InChI=1S/C14H18N4O2S/c1-14(2)8(6-9(14)20-3)17-12(19)11-10(15)7-4-5-16-18-13(7)21-11/h4-5,8-9H,6,15H2,1-3H3,(H,17,19). The van der Waals surface area contributed by atoms with Gasteiger partial charge in [0.05, 0.1) is 18.0 Å². The first kappa shape index (κ1) is 14.2. The van der Waals surface area contributed by atoms with Gasteiger partial charge in [-0.2, -0.15) is 5.10 Å². The highest BCUT2D eigenvalue weighted by molar-refractivity contribution is 7.21. The van der Waals surface area contributed by atoms with E-state index in [2.05, 4.69) is 29.4 Å². The predicted octanol–water partition coefficient (Wildman–Crippen LogP) is 1.82. The molecule has 0 aromatic carbocycles. The third-order valence-corrected chi connectivity index (χ3v) is 5.50. The van der Waals surface area contributed by atoms with E-state index < -0.39 is 0 Å². The molecule has 0 spiro atoms. The van der Waals surface area contributed by atoms with Crippen molar-refractivity contribution in [2.75, 3.05) is 12.8 Å². The third kappa shape index (κ3) is 2.16. The maximum Gasteiger partial charge on any atom is 0.263 e. The van der Waals surface area contributed by atoms with E-state index in [1.807, 2.05) is 0 Å². The van der Waals surface area contributed by atoms with Crippen molar-refractivity contribution < 1.29 is 9.53 Å². The van der Waals surface area contributed by atoms with Gasteiger partial charge < -0.3 is 15.8 Å². The number of ether oxygens (including phenoxy) is 1. The van der Waals surface area contributed by atoms with Gasteiger partial charge in [-0.15, -0.1) is 16.4 Å². The first-order valence-corrected chi connectivity index (χ1v) is 7.60. The Bertz CT molecular complexity index is 697. The van der Waals surface area contributed by atoms with Crippen molar-refractivity contribution >= 4 is 33.1 Å². The fraction of sp³-hybridized carbons (Fsp3) is 0.500. The van der Waals surface area contributed by atoms with Crippen LogP contribution in [0, 0.1) is 5.41 Å². The Balaban J connectivity index is 1.81. The maximum absolute atomic E-state index is 12.5. The lowest BCUT2D eigenvalue weighted by Crippen LogP contribution is -2.61. The summed E-state index contributed by atoms with van der Waals surface area (Å²) in [5.41, 5.74) is 6.45. The van der Waals surface area contributed by atoms with E-state index >= 15 is 0 Å². The molecule has 0 radical (unpaired) electrons. The number of fused-ring (bicyclic) bond motifs is 1. The minimum absolute atomic E-state index is 0.0738. The number of nitrogens with two attached hydrogens (primary N) is 1. The van der Waals surface area contributed by atoms with Crippen molar-refractivity contribution in [3.63, 3.8) is 0 Å². The van der Waals surface area contributed by atoms with E-state index in [0.29, 0.717) is 15.4 Å². The number of thiophene rings is 1. The number of hydrogen-bond donors (Lipinski definition) is 2. The molecule has 1 amide bonds. The van der Waals surface area contributed by atoms with Crippen LogP contribution >= 0.6 is 11.3 Å². The molecule has 3 rings (SSSR count). The van der Waals surface area contributed by atoms with Crippen LogP contribution in [0.25, 0.3) is 10.2 Å². The molecule has 7 heteroatoms. The summed E-state index contributed by atoms with van der Waals surface area (Å²) in [7, 11) is 1.70. The maximum atomic E-state index is 12.5. The van der Waals surface area contributed by atoms with Gasteiger partial charge in [-0.1, -0.05) is 13.8 Å². The van der Waals surface area contributed by atoms with Gasteiger partial charge in [0.15, 0.2) is 0 Å². The molecule has 2 unspecified atom stereocenters. The molecule has 1 saturated carbocycles.